The number of guanidine groups is 1. The molecular formula is C17H17N3O2. The molecule has 0 saturated carbocycles. The van der Waals surface area contributed by atoms with E-state index in [1.54, 1.807) is 12.1 Å². The fourth-order valence-electron chi connectivity index (χ4n) is 2.41. The van der Waals surface area contributed by atoms with Gasteiger partial charge in [0.15, 0.2) is 5.96 Å². The van der Waals surface area contributed by atoms with Crippen LogP contribution in [0.1, 0.15) is 15.9 Å². The highest BCUT2D eigenvalue weighted by atomic mass is 16.4. The maximum atomic E-state index is 10.9. The second-order valence-corrected chi connectivity index (χ2v) is 5.05. The standard InChI is InChI=1S/C17H17N3O2/c21-16(22)14-6-8-15(9-7-14)20-11-10-18-17(20)19-12-13-4-2-1-3-5-13/h1-9H,10-12H2,(H,18,19)(H,21,22). The number of hydrogen-bond acceptors (Lipinski definition) is 4. The highest BCUT2D eigenvalue weighted by Gasteiger charge is 2.18. The largest absolute Gasteiger partial charge is 0.478 e. The summed E-state index contributed by atoms with van der Waals surface area (Å²) in [5, 5.41) is 12.3. The minimum Gasteiger partial charge on any atom is -0.478 e. The first-order valence-corrected chi connectivity index (χ1v) is 7.17. The lowest BCUT2D eigenvalue weighted by atomic mass is 10.2. The van der Waals surface area contributed by atoms with Crippen molar-refractivity contribution < 1.29 is 9.90 Å². The van der Waals surface area contributed by atoms with Crippen molar-refractivity contribution in [1.29, 1.82) is 0 Å². The van der Waals surface area contributed by atoms with Crippen molar-refractivity contribution in [2.45, 2.75) is 6.54 Å². The highest BCUT2D eigenvalue weighted by molar-refractivity contribution is 5.98. The molecule has 1 heterocycles. The van der Waals surface area contributed by atoms with E-state index in [1.165, 1.54) is 5.56 Å². The van der Waals surface area contributed by atoms with Crippen LogP contribution in [0.15, 0.2) is 59.6 Å². The molecule has 2 aromatic carbocycles. The maximum absolute atomic E-state index is 10.9. The van der Waals surface area contributed by atoms with Crippen molar-refractivity contribution >= 4 is 17.6 Å². The van der Waals surface area contributed by atoms with Gasteiger partial charge in [-0.15, -0.1) is 0 Å². The van der Waals surface area contributed by atoms with Crippen molar-refractivity contribution in [2.75, 3.05) is 18.0 Å². The van der Waals surface area contributed by atoms with Crippen LogP contribution in [-0.4, -0.2) is 30.1 Å². The second kappa shape index (κ2) is 6.30. The van der Waals surface area contributed by atoms with E-state index >= 15 is 0 Å². The average molecular weight is 295 g/mol. The van der Waals surface area contributed by atoms with E-state index in [0.29, 0.717) is 12.1 Å². The molecule has 3 rings (SSSR count). The normalized spacial score (nSPS) is 13.8. The summed E-state index contributed by atoms with van der Waals surface area (Å²) in [6.07, 6.45) is 0. The zero-order chi connectivity index (χ0) is 15.4. The molecule has 0 fully saturated rings. The van der Waals surface area contributed by atoms with E-state index < -0.39 is 5.97 Å². The lowest BCUT2D eigenvalue weighted by molar-refractivity contribution is 0.0697. The predicted molar refractivity (Wildman–Crippen MR) is 86.3 cm³/mol. The molecule has 0 bridgehead atoms. The Labute approximate surface area is 128 Å². The van der Waals surface area contributed by atoms with Crippen molar-refractivity contribution in [3.05, 3.63) is 65.7 Å². The molecule has 112 valence electrons. The molecule has 0 aromatic heterocycles. The van der Waals surface area contributed by atoms with Gasteiger partial charge in [0.2, 0.25) is 0 Å². The summed E-state index contributed by atoms with van der Waals surface area (Å²) in [7, 11) is 0. The molecule has 1 aliphatic heterocycles. The van der Waals surface area contributed by atoms with E-state index in [0.717, 1.165) is 24.7 Å². The van der Waals surface area contributed by atoms with Gasteiger partial charge >= 0.3 is 5.97 Å². The third kappa shape index (κ3) is 3.09. The van der Waals surface area contributed by atoms with Gasteiger partial charge in [-0.2, -0.15) is 0 Å². The number of carboxylic acid groups (broad SMARTS) is 1. The third-order valence-electron chi connectivity index (χ3n) is 3.56. The van der Waals surface area contributed by atoms with Crippen LogP contribution in [0, 0.1) is 0 Å². The fourth-order valence-corrected chi connectivity index (χ4v) is 2.41. The highest BCUT2D eigenvalue weighted by Crippen LogP contribution is 2.18. The summed E-state index contributed by atoms with van der Waals surface area (Å²) in [4.78, 5) is 17.5. The molecule has 5 nitrogen and oxygen atoms in total. The molecule has 5 heteroatoms. The van der Waals surface area contributed by atoms with Gasteiger partial charge in [0.1, 0.15) is 0 Å². The Morgan fingerprint density at radius 2 is 1.86 bits per heavy atom. The fraction of sp³-hybridized carbons (Fsp3) is 0.176. The first-order valence-electron chi connectivity index (χ1n) is 7.17. The Bertz CT molecular complexity index is 681. The number of benzene rings is 2. The molecule has 0 amide bonds. The van der Waals surface area contributed by atoms with Crippen LogP contribution < -0.4 is 10.2 Å². The van der Waals surface area contributed by atoms with Crippen LogP contribution in [0.4, 0.5) is 5.69 Å². The molecule has 2 aromatic rings. The van der Waals surface area contributed by atoms with Crippen LogP contribution >= 0.6 is 0 Å². The molecule has 1 aliphatic rings. The number of hydrogen-bond donors (Lipinski definition) is 2. The molecule has 22 heavy (non-hydrogen) atoms. The minimum atomic E-state index is -0.913. The SMILES string of the molecule is O=C(O)c1ccc(N2CCN=C2NCc2ccccc2)cc1. The number of nitrogens with one attached hydrogen (secondary N) is 1. The quantitative estimate of drug-likeness (QED) is 0.909. The first kappa shape index (κ1) is 14.1. The Balaban J connectivity index is 1.68. The van der Waals surface area contributed by atoms with E-state index in [2.05, 4.69) is 27.3 Å². The zero-order valence-corrected chi connectivity index (χ0v) is 12.1. The summed E-state index contributed by atoms with van der Waals surface area (Å²) in [5.74, 6) is -0.0870. The minimum absolute atomic E-state index is 0.290. The summed E-state index contributed by atoms with van der Waals surface area (Å²) in [5.41, 5.74) is 2.43. The topological polar surface area (TPSA) is 64.9 Å². The number of rotatable bonds is 4. The average Bonchev–Trinajstić information content (AvgIpc) is 3.02. The number of carbonyl (C=O) groups is 1. The molecule has 2 N–H and O–H groups in total. The van der Waals surface area contributed by atoms with Gasteiger partial charge in [-0.3, -0.25) is 4.99 Å². The van der Waals surface area contributed by atoms with Gasteiger partial charge in [-0.25, -0.2) is 4.79 Å². The Morgan fingerprint density at radius 3 is 2.55 bits per heavy atom. The summed E-state index contributed by atoms with van der Waals surface area (Å²) >= 11 is 0. The van der Waals surface area contributed by atoms with Crippen LogP contribution in [0.3, 0.4) is 0 Å². The molecule has 0 unspecified atom stereocenters. The van der Waals surface area contributed by atoms with Gasteiger partial charge in [0.25, 0.3) is 0 Å². The maximum Gasteiger partial charge on any atom is 0.335 e. The first-order chi connectivity index (χ1) is 10.7. The Morgan fingerprint density at radius 1 is 1.14 bits per heavy atom. The number of aliphatic imine (C=N–C) groups is 1. The van der Waals surface area contributed by atoms with Gasteiger partial charge in [0.05, 0.1) is 12.1 Å². The molecular weight excluding hydrogens is 278 g/mol. The van der Waals surface area contributed by atoms with Gasteiger partial charge in [-0.05, 0) is 29.8 Å². The van der Waals surface area contributed by atoms with Crippen molar-refractivity contribution in [2.24, 2.45) is 4.99 Å². The summed E-state index contributed by atoms with van der Waals surface area (Å²) in [6, 6.07) is 17.0. The monoisotopic (exact) mass is 295 g/mol. The van der Waals surface area contributed by atoms with E-state index in [-0.39, 0.29) is 0 Å². The number of carboxylic acids is 1. The Hall–Kier alpha value is -2.82. The van der Waals surface area contributed by atoms with Crippen LogP contribution in [0.2, 0.25) is 0 Å². The molecule has 0 radical (unpaired) electrons. The number of aromatic carboxylic acids is 1. The number of nitrogens with zero attached hydrogens (tertiary/aromatic N) is 2. The number of anilines is 1. The summed E-state index contributed by atoms with van der Waals surface area (Å²) < 4.78 is 0. The smallest absolute Gasteiger partial charge is 0.335 e. The van der Waals surface area contributed by atoms with E-state index in [1.807, 2.05) is 30.3 Å². The summed E-state index contributed by atoms with van der Waals surface area (Å²) in [6.45, 7) is 2.24. The zero-order valence-electron chi connectivity index (χ0n) is 12.1. The molecule has 0 atom stereocenters. The van der Waals surface area contributed by atoms with E-state index in [4.69, 9.17) is 5.11 Å². The second-order valence-electron chi connectivity index (χ2n) is 5.05. The van der Waals surface area contributed by atoms with E-state index in [9.17, 15) is 4.79 Å². The van der Waals surface area contributed by atoms with Crippen molar-refractivity contribution in [3.63, 3.8) is 0 Å². The van der Waals surface area contributed by atoms with Crippen LogP contribution in [0.5, 0.6) is 0 Å². The van der Waals surface area contributed by atoms with Crippen LogP contribution in [0.25, 0.3) is 0 Å². The van der Waals surface area contributed by atoms with Crippen LogP contribution in [-0.2, 0) is 6.54 Å². The molecule has 0 saturated heterocycles. The lowest BCUT2D eigenvalue weighted by Crippen LogP contribution is -2.38. The molecule has 0 aliphatic carbocycles. The Kier molecular flexibility index (Phi) is 4.05. The lowest BCUT2D eigenvalue weighted by Gasteiger charge is -2.21. The van der Waals surface area contributed by atoms with Crippen molar-refractivity contribution in [1.82, 2.24) is 5.32 Å². The third-order valence-corrected chi connectivity index (χ3v) is 3.56. The van der Waals surface area contributed by atoms with Crippen molar-refractivity contribution in [3.8, 4) is 0 Å². The van der Waals surface area contributed by atoms with Gasteiger partial charge in [-0.1, -0.05) is 30.3 Å². The predicted octanol–water partition coefficient (Wildman–Crippen LogP) is 2.35. The van der Waals surface area contributed by atoms with Gasteiger partial charge < -0.3 is 15.3 Å². The molecule has 0 spiro atoms. The van der Waals surface area contributed by atoms with Gasteiger partial charge in [0, 0.05) is 18.8 Å².